The van der Waals surface area contributed by atoms with E-state index in [1.807, 2.05) is 13.0 Å². The summed E-state index contributed by atoms with van der Waals surface area (Å²) in [6.07, 6.45) is 1.70. The van der Waals surface area contributed by atoms with Crippen LogP contribution in [0.15, 0.2) is 39.1 Å². The van der Waals surface area contributed by atoms with Gasteiger partial charge in [0.15, 0.2) is 5.16 Å². The van der Waals surface area contributed by atoms with Crippen LogP contribution < -0.4 is 5.56 Å². The summed E-state index contributed by atoms with van der Waals surface area (Å²) in [5, 5.41) is 9.75. The van der Waals surface area contributed by atoms with Crippen molar-refractivity contribution >= 4 is 23.4 Å². The van der Waals surface area contributed by atoms with E-state index >= 15 is 0 Å². The maximum Gasteiger partial charge on any atom is 0.251 e. The van der Waals surface area contributed by atoms with Gasteiger partial charge in [-0.2, -0.15) is 5.26 Å². The lowest BCUT2D eigenvalue weighted by Crippen LogP contribution is -2.09. The number of aromatic amines is 1. The zero-order chi connectivity index (χ0) is 14.5. The van der Waals surface area contributed by atoms with E-state index in [1.165, 1.54) is 17.8 Å². The lowest BCUT2D eigenvalue weighted by Gasteiger charge is -2.04. The number of rotatable bonds is 4. The smallest absolute Gasteiger partial charge is 0.251 e. The van der Waals surface area contributed by atoms with Gasteiger partial charge in [0.1, 0.15) is 6.07 Å². The first-order chi connectivity index (χ1) is 9.62. The first-order valence-corrected chi connectivity index (χ1v) is 7.29. The Kier molecular flexibility index (Phi) is 4.83. The van der Waals surface area contributed by atoms with Gasteiger partial charge in [0.25, 0.3) is 5.56 Å². The Hall–Kier alpha value is -1.77. The molecule has 0 radical (unpaired) electrons. The van der Waals surface area contributed by atoms with Gasteiger partial charge in [-0.1, -0.05) is 36.7 Å². The molecular weight excluding hydrogens is 294 g/mol. The molecule has 0 saturated carbocycles. The van der Waals surface area contributed by atoms with Crippen molar-refractivity contribution in [2.75, 3.05) is 0 Å². The number of hydrogen-bond acceptors (Lipinski definition) is 4. The quantitative estimate of drug-likeness (QED) is 0.879. The van der Waals surface area contributed by atoms with Crippen molar-refractivity contribution < 1.29 is 0 Å². The van der Waals surface area contributed by atoms with Crippen LogP contribution in [0.1, 0.15) is 24.6 Å². The molecule has 1 aromatic heterocycles. The van der Waals surface area contributed by atoms with Crippen molar-refractivity contribution in [1.82, 2.24) is 9.97 Å². The van der Waals surface area contributed by atoms with Gasteiger partial charge < -0.3 is 4.98 Å². The standard InChI is InChI=1S/C14H12ClN3OS/c1-2-3-10-6-13(19)18-14(17-10)20-11-5-4-9(8-16)12(15)7-11/h4-7H,2-3H2,1H3,(H,17,18,19). The van der Waals surface area contributed by atoms with Gasteiger partial charge in [-0.15, -0.1) is 0 Å². The number of nitriles is 1. The minimum absolute atomic E-state index is 0.161. The highest BCUT2D eigenvalue weighted by molar-refractivity contribution is 7.99. The molecule has 0 amide bonds. The van der Waals surface area contributed by atoms with Crippen molar-refractivity contribution in [1.29, 1.82) is 5.26 Å². The predicted molar refractivity (Wildman–Crippen MR) is 79.1 cm³/mol. The third-order valence-electron chi connectivity index (χ3n) is 2.55. The Bertz CT molecular complexity index is 721. The molecule has 0 aliphatic rings. The van der Waals surface area contributed by atoms with Crippen molar-refractivity contribution in [3.63, 3.8) is 0 Å². The zero-order valence-corrected chi connectivity index (χ0v) is 12.4. The normalized spacial score (nSPS) is 10.2. The number of halogens is 1. The van der Waals surface area contributed by atoms with Crippen LogP contribution in [-0.4, -0.2) is 9.97 Å². The van der Waals surface area contributed by atoms with Crippen LogP contribution in [-0.2, 0) is 6.42 Å². The minimum atomic E-state index is -0.161. The molecule has 0 aliphatic heterocycles. The van der Waals surface area contributed by atoms with Crippen LogP contribution in [0.5, 0.6) is 0 Å². The summed E-state index contributed by atoms with van der Waals surface area (Å²) in [4.78, 5) is 19.5. The molecule has 0 saturated heterocycles. The van der Waals surface area contributed by atoms with Gasteiger partial charge in [0, 0.05) is 16.7 Å². The number of nitrogens with zero attached hydrogens (tertiary/aromatic N) is 2. The second-order valence-corrected chi connectivity index (χ2v) is 5.62. The summed E-state index contributed by atoms with van der Waals surface area (Å²) >= 11 is 7.29. The number of H-pyrrole nitrogens is 1. The second-order valence-electron chi connectivity index (χ2n) is 4.15. The molecule has 1 heterocycles. The molecule has 1 aromatic carbocycles. The summed E-state index contributed by atoms with van der Waals surface area (Å²) < 4.78 is 0. The molecule has 1 N–H and O–H groups in total. The van der Waals surface area contributed by atoms with E-state index in [0.29, 0.717) is 15.7 Å². The first kappa shape index (κ1) is 14.6. The average molecular weight is 306 g/mol. The molecule has 0 fully saturated rings. The molecular formula is C14H12ClN3OS. The van der Waals surface area contributed by atoms with Crippen LogP contribution in [0.25, 0.3) is 0 Å². The average Bonchev–Trinajstić information content (AvgIpc) is 2.38. The molecule has 0 atom stereocenters. The molecule has 4 nitrogen and oxygen atoms in total. The predicted octanol–water partition coefficient (Wildman–Crippen LogP) is 3.40. The summed E-state index contributed by atoms with van der Waals surface area (Å²) in [7, 11) is 0. The molecule has 20 heavy (non-hydrogen) atoms. The fourth-order valence-electron chi connectivity index (χ4n) is 1.68. The first-order valence-electron chi connectivity index (χ1n) is 6.10. The van der Waals surface area contributed by atoms with Crippen molar-refractivity contribution in [3.05, 3.63) is 50.9 Å². The molecule has 102 valence electrons. The van der Waals surface area contributed by atoms with Crippen molar-refractivity contribution in [2.24, 2.45) is 0 Å². The van der Waals surface area contributed by atoms with Crippen LogP contribution in [0, 0.1) is 11.3 Å². The monoisotopic (exact) mass is 305 g/mol. The van der Waals surface area contributed by atoms with Gasteiger partial charge in [0.2, 0.25) is 0 Å². The number of nitrogens with one attached hydrogen (secondary N) is 1. The summed E-state index contributed by atoms with van der Waals surface area (Å²) in [6.45, 7) is 2.04. The Morgan fingerprint density at radius 2 is 2.25 bits per heavy atom. The molecule has 2 rings (SSSR count). The van der Waals surface area contributed by atoms with E-state index < -0.39 is 0 Å². The van der Waals surface area contributed by atoms with Gasteiger partial charge in [0.05, 0.1) is 10.6 Å². The zero-order valence-electron chi connectivity index (χ0n) is 10.8. The number of aromatic nitrogens is 2. The number of benzene rings is 1. The van der Waals surface area contributed by atoms with Crippen LogP contribution in [0.4, 0.5) is 0 Å². The lowest BCUT2D eigenvalue weighted by molar-refractivity contribution is 0.816. The van der Waals surface area contributed by atoms with E-state index in [0.717, 1.165) is 23.4 Å². The molecule has 6 heteroatoms. The van der Waals surface area contributed by atoms with Crippen LogP contribution >= 0.6 is 23.4 Å². The second kappa shape index (κ2) is 6.60. The van der Waals surface area contributed by atoms with Gasteiger partial charge in [-0.25, -0.2) is 4.98 Å². The number of hydrogen-bond donors (Lipinski definition) is 1. The Morgan fingerprint density at radius 3 is 2.90 bits per heavy atom. The Labute approximate surface area is 125 Å². The molecule has 0 unspecified atom stereocenters. The van der Waals surface area contributed by atoms with Crippen LogP contribution in [0.2, 0.25) is 5.02 Å². The fourth-order valence-corrected chi connectivity index (χ4v) is 2.82. The third-order valence-corrected chi connectivity index (χ3v) is 3.74. The topological polar surface area (TPSA) is 69.5 Å². The summed E-state index contributed by atoms with van der Waals surface area (Å²) in [5.41, 5.74) is 1.04. The lowest BCUT2D eigenvalue weighted by atomic mass is 10.2. The molecule has 0 bridgehead atoms. The van der Waals surface area contributed by atoms with Gasteiger partial charge in [-0.3, -0.25) is 4.79 Å². The van der Waals surface area contributed by atoms with Gasteiger partial charge >= 0.3 is 0 Å². The highest BCUT2D eigenvalue weighted by Gasteiger charge is 2.06. The molecule has 0 spiro atoms. The van der Waals surface area contributed by atoms with E-state index in [9.17, 15) is 4.79 Å². The van der Waals surface area contributed by atoms with Gasteiger partial charge in [-0.05, 0) is 24.6 Å². The minimum Gasteiger partial charge on any atom is -0.301 e. The highest BCUT2D eigenvalue weighted by atomic mass is 35.5. The number of aryl methyl sites for hydroxylation is 1. The molecule has 2 aromatic rings. The maximum absolute atomic E-state index is 11.6. The van der Waals surface area contributed by atoms with Crippen LogP contribution in [0.3, 0.4) is 0 Å². The maximum atomic E-state index is 11.6. The van der Waals surface area contributed by atoms with Crippen molar-refractivity contribution in [2.45, 2.75) is 29.8 Å². The van der Waals surface area contributed by atoms with E-state index in [-0.39, 0.29) is 5.56 Å². The fraction of sp³-hybridized carbons (Fsp3) is 0.214. The van der Waals surface area contributed by atoms with E-state index in [4.69, 9.17) is 16.9 Å². The molecule has 0 aliphatic carbocycles. The van der Waals surface area contributed by atoms with E-state index in [2.05, 4.69) is 9.97 Å². The van der Waals surface area contributed by atoms with Crippen molar-refractivity contribution in [3.8, 4) is 6.07 Å². The largest absolute Gasteiger partial charge is 0.301 e. The van der Waals surface area contributed by atoms with E-state index in [1.54, 1.807) is 18.2 Å². The Morgan fingerprint density at radius 1 is 1.45 bits per heavy atom. The summed E-state index contributed by atoms with van der Waals surface area (Å²) in [5.74, 6) is 0. The Balaban J connectivity index is 2.28. The summed E-state index contributed by atoms with van der Waals surface area (Å²) in [6, 6.07) is 8.64. The highest BCUT2D eigenvalue weighted by Crippen LogP contribution is 2.28. The SMILES string of the molecule is CCCc1cc(=O)[nH]c(Sc2ccc(C#N)c(Cl)c2)n1. The third kappa shape index (κ3) is 3.62.